The Balaban J connectivity index is 1.51. The fraction of sp³-hybridized carbons (Fsp3) is 0.650. The summed E-state index contributed by atoms with van der Waals surface area (Å²) in [5.74, 6) is 2.24. The molecule has 1 atom stereocenters. The molecular formula is C20H30N2O2. The zero-order valence-corrected chi connectivity index (χ0v) is 15.0. The van der Waals surface area contributed by atoms with Crippen LogP contribution >= 0.6 is 0 Å². The number of likely N-dealkylation sites (tertiary alicyclic amines) is 2. The second kappa shape index (κ2) is 8.02. The summed E-state index contributed by atoms with van der Waals surface area (Å²) in [4.78, 5) is 17.3. The van der Waals surface area contributed by atoms with Gasteiger partial charge in [-0.3, -0.25) is 9.69 Å². The smallest absolute Gasteiger partial charge is 0.225 e. The SMILES string of the molecule is COc1ccccc1CN1CCC(C(=O)N2CCC[C@H](C)C2)CC1. The van der Waals surface area contributed by atoms with Crippen molar-refractivity contribution in [3.8, 4) is 5.75 Å². The maximum Gasteiger partial charge on any atom is 0.225 e. The van der Waals surface area contributed by atoms with Gasteiger partial charge >= 0.3 is 0 Å². The van der Waals surface area contributed by atoms with E-state index in [2.05, 4.69) is 28.9 Å². The van der Waals surface area contributed by atoms with Gasteiger partial charge in [0, 0.05) is 31.1 Å². The Hall–Kier alpha value is -1.55. The van der Waals surface area contributed by atoms with E-state index in [1.54, 1.807) is 7.11 Å². The highest BCUT2D eigenvalue weighted by Gasteiger charge is 2.30. The van der Waals surface area contributed by atoms with Crippen LogP contribution in [0.3, 0.4) is 0 Å². The molecule has 1 aromatic rings. The number of piperidine rings is 2. The summed E-state index contributed by atoms with van der Waals surface area (Å²) in [7, 11) is 1.73. The van der Waals surface area contributed by atoms with E-state index >= 15 is 0 Å². The predicted molar refractivity (Wildman–Crippen MR) is 96.0 cm³/mol. The Morgan fingerprint density at radius 1 is 1.17 bits per heavy atom. The van der Waals surface area contributed by atoms with E-state index in [0.717, 1.165) is 51.3 Å². The highest BCUT2D eigenvalue weighted by Crippen LogP contribution is 2.26. The zero-order chi connectivity index (χ0) is 16.9. The standard InChI is InChI=1S/C20H30N2O2/c1-16-6-5-11-22(14-16)20(23)17-9-12-21(13-10-17)15-18-7-3-4-8-19(18)24-2/h3-4,7-8,16-17H,5-6,9-15H2,1-2H3/t16-/m0/s1. The van der Waals surface area contributed by atoms with Gasteiger partial charge in [0.15, 0.2) is 0 Å². The molecule has 2 aliphatic rings. The number of para-hydroxylation sites is 1. The first-order valence-corrected chi connectivity index (χ1v) is 9.30. The number of rotatable bonds is 4. The third-order valence-electron chi connectivity index (χ3n) is 5.49. The average molecular weight is 330 g/mol. The minimum absolute atomic E-state index is 0.226. The number of amides is 1. The normalized spacial score (nSPS) is 23.2. The molecule has 0 N–H and O–H groups in total. The Morgan fingerprint density at radius 2 is 1.92 bits per heavy atom. The zero-order valence-electron chi connectivity index (χ0n) is 15.0. The van der Waals surface area contributed by atoms with Crippen LogP contribution < -0.4 is 4.74 Å². The van der Waals surface area contributed by atoms with Gasteiger partial charge in [-0.15, -0.1) is 0 Å². The number of carbonyl (C=O) groups excluding carboxylic acids is 1. The predicted octanol–water partition coefficient (Wildman–Crippen LogP) is 3.17. The Labute approximate surface area is 145 Å². The van der Waals surface area contributed by atoms with E-state index in [-0.39, 0.29) is 5.92 Å². The van der Waals surface area contributed by atoms with Crippen LogP contribution in [0.25, 0.3) is 0 Å². The molecule has 0 spiro atoms. The minimum atomic E-state index is 0.226. The summed E-state index contributed by atoms with van der Waals surface area (Å²) in [5.41, 5.74) is 1.23. The van der Waals surface area contributed by atoms with E-state index in [9.17, 15) is 4.79 Å². The summed E-state index contributed by atoms with van der Waals surface area (Å²) in [6.45, 7) is 7.08. The van der Waals surface area contributed by atoms with Crippen molar-refractivity contribution in [2.24, 2.45) is 11.8 Å². The first kappa shape index (κ1) is 17.3. The van der Waals surface area contributed by atoms with Gasteiger partial charge in [-0.25, -0.2) is 0 Å². The molecule has 2 fully saturated rings. The largest absolute Gasteiger partial charge is 0.496 e. The molecule has 0 saturated carbocycles. The molecule has 3 rings (SSSR count). The Bertz CT molecular complexity index is 552. The van der Waals surface area contributed by atoms with E-state index in [0.29, 0.717) is 11.8 Å². The highest BCUT2D eigenvalue weighted by atomic mass is 16.5. The summed E-state index contributed by atoms with van der Waals surface area (Å²) >= 11 is 0. The number of hydrogen-bond donors (Lipinski definition) is 0. The van der Waals surface area contributed by atoms with Crippen LogP contribution in [0.15, 0.2) is 24.3 Å². The van der Waals surface area contributed by atoms with Crippen LogP contribution in [0.4, 0.5) is 0 Å². The number of benzene rings is 1. The van der Waals surface area contributed by atoms with Crippen LogP contribution in [-0.4, -0.2) is 49.0 Å². The lowest BCUT2D eigenvalue weighted by atomic mass is 9.92. The average Bonchev–Trinajstić information content (AvgIpc) is 2.62. The van der Waals surface area contributed by atoms with E-state index in [4.69, 9.17) is 4.74 Å². The lowest BCUT2D eigenvalue weighted by Gasteiger charge is -2.37. The summed E-state index contributed by atoms with van der Waals surface area (Å²) in [6.07, 6.45) is 4.40. The number of methoxy groups -OCH3 is 1. The molecule has 132 valence electrons. The molecule has 1 aromatic carbocycles. The van der Waals surface area contributed by atoms with E-state index in [1.807, 2.05) is 12.1 Å². The van der Waals surface area contributed by atoms with Gasteiger partial charge in [0.25, 0.3) is 0 Å². The van der Waals surface area contributed by atoms with Crippen LogP contribution in [0.2, 0.25) is 0 Å². The van der Waals surface area contributed by atoms with Gasteiger partial charge in [-0.2, -0.15) is 0 Å². The summed E-state index contributed by atoms with van der Waals surface area (Å²) < 4.78 is 5.45. The van der Waals surface area contributed by atoms with E-state index < -0.39 is 0 Å². The second-order valence-electron chi connectivity index (χ2n) is 7.39. The van der Waals surface area contributed by atoms with Crippen molar-refractivity contribution in [3.05, 3.63) is 29.8 Å². The third-order valence-corrected chi connectivity index (χ3v) is 5.49. The molecule has 2 aliphatic heterocycles. The lowest BCUT2D eigenvalue weighted by Crippen LogP contribution is -2.45. The van der Waals surface area contributed by atoms with Crippen molar-refractivity contribution in [1.82, 2.24) is 9.80 Å². The van der Waals surface area contributed by atoms with Gasteiger partial charge in [0.1, 0.15) is 5.75 Å². The van der Waals surface area contributed by atoms with Crippen molar-refractivity contribution in [3.63, 3.8) is 0 Å². The Kier molecular flexibility index (Phi) is 5.77. The fourth-order valence-corrected chi connectivity index (χ4v) is 4.06. The molecule has 1 amide bonds. The van der Waals surface area contributed by atoms with Crippen molar-refractivity contribution in [2.45, 2.75) is 39.2 Å². The van der Waals surface area contributed by atoms with Gasteiger partial charge in [0.05, 0.1) is 7.11 Å². The van der Waals surface area contributed by atoms with Crippen molar-refractivity contribution in [1.29, 1.82) is 0 Å². The molecule has 24 heavy (non-hydrogen) atoms. The molecule has 0 aliphatic carbocycles. The third kappa shape index (κ3) is 4.10. The number of carbonyl (C=O) groups is 1. The molecule has 2 saturated heterocycles. The number of ether oxygens (including phenoxy) is 1. The molecule has 0 unspecified atom stereocenters. The monoisotopic (exact) mass is 330 g/mol. The molecular weight excluding hydrogens is 300 g/mol. The number of nitrogens with zero attached hydrogens (tertiary/aromatic N) is 2. The molecule has 0 radical (unpaired) electrons. The fourth-order valence-electron chi connectivity index (χ4n) is 4.06. The quantitative estimate of drug-likeness (QED) is 0.850. The van der Waals surface area contributed by atoms with Crippen molar-refractivity contribution < 1.29 is 9.53 Å². The molecule has 0 aromatic heterocycles. The van der Waals surface area contributed by atoms with Crippen LogP contribution in [0, 0.1) is 11.8 Å². The number of hydrogen-bond acceptors (Lipinski definition) is 3. The Morgan fingerprint density at radius 3 is 2.62 bits per heavy atom. The molecule has 4 nitrogen and oxygen atoms in total. The molecule has 2 heterocycles. The van der Waals surface area contributed by atoms with E-state index in [1.165, 1.54) is 18.4 Å². The van der Waals surface area contributed by atoms with Gasteiger partial charge in [-0.1, -0.05) is 25.1 Å². The van der Waals surface area contributed by atoms with Crippen molar-refractivity contribution >= 4 is 5.91 Å². The van der Waals surface area contributed by atoms with Crippen molar-refractivity contribution in [2.75, 3.05) is 33.3 Å². The lowest BCUT2D eigenvalue weighted by molar-refractivity contribution is -0.138. The molecule has 4 heteroatoms. The second-order valence-corrected chi connectivity index (χ2v) is 7.39. The van der Waals surface area contributed by atoms with Crippen LogP contribution in [0.5, 0.6) is 5.75 Å². The van der Waals surface area contributed by atoms with Crippen LogP contribution in [0.1, 0.15) is 38.2 Å². The topological polar surface area (TPSA) is 32.8 Å². The first-order valence-electron chi connectivity index (χ1n) is 9.30. The highest BCUT2D eigenvalue weighted by molar-refractivity contribution is 5.79. The maximum absolute atomic E-state index is 12.8. The summed E-state index contributed by atoms with van der Waals surface area (Å²) in [5, 5.41) is 0. The van der Waals surface area contributed by atoms with Crippen LogP contribution in [-0.2, 0) is 11.3 Å². The minimum Gasteiger partial charge on any atom is -0.496 e. The van der Waals surface area contributed by atoms with Gasteiger partial charge in [-0.05, 0) is 50.8 Å². The molecule has 0 bridgehead atoms. The van der Waals surface area contributed by atoms with Gasteiger partial charge in [0.2, 0.25) is 5.91 Å². The maximum atomic E-state index is 12.8. The first-order chi connectivity index (χ1) is 11.7. The van der Waals surface area contributed by atoms with Gasteiger partial charge < -0.3 is 9.64 Å². The summed E-state index contributed by atoms with van der Waals surface area (Å²) in [6, 6.07) is 8.22.